The second kappa shape index (κ2) is 3.90. The first kappa shape index (κ1) is 11.7. The van der Waals surface area contributed by atoms with Crippen molar-refractivity contribution in [2.24, 2.45) is 0 Å². The minimum Gasteiger partial charge on any atom is -0.447 e. The molecule has 1 N–H and O–H groups in total. The summed E-state index contributed by atoms with van der Waals surface area (Å²) in [6.07, 6.45) is -5.32. The van der Waals surface area contributed by atoms with Crippen molar-refractivity contribution in [3.63, 3.8) is 0 Å². The lowest BCUT2D eigenvalue weighted by Gasteiger charge is -2.12. The van der Waals surface area contributed by atoms with Gasteiger partial charge in [-0.25, -0.2) is 9.18 Å². The smallest absolute Gasteiger partial charge is 0.416 e. The summed E-state index contributed by atoms with van der Waals surface area (Å²) in [7, 11) is 0. The first-order valence-electron chi connectivity index (χ1n) is 4.68. The molecule has 1 atom stereocenters. The molecule has 0 spiro atoms. The molecule has 1 fully saturated rings. The van der Waals surface area contributed by atoms with E-state index < -0.39 is 29.7 Å². The Bertz CT molecular complexity index is 458. The Labute approximate surface area is 93.4 Å². The number of carbonyl (C=O) groups excluding carboxylic acids is 1. The SMILES string of the molecule is O=C1N[C@H](c2cc(C(F)(F)F)ccc2F)CO1. The lowest BCUT2D eigenvalue weighted by atomic mass is 10.0. The second-order valence-electron chi connectivity index (χ2n) is 3.53. The highest BCUT2D eigenvalue weighted by Gasteiger charge is 2.33. The van der Waals surface area contributed by atoms with Gasteiger partial charge in [0.15, 0.2) is 0 Å². The molecule has 0 aliphatic carbocycles. The molecule has 2 rings (SSSR count). The lowest BCUT2D eigenvalue weighted by Crippen LogP contribution is -2.20. The average molecular weight is 249 g/mol. The van der Waals surface area contributed by atoms with Crippen molar-refractivity contribution in [1.29, 1.82) is 0 Å². The van der Waals surface area contributed by atoms with Gasteiger partial charge in [-0.05, 0) is 18.2 Å². The number of benzene rings is 1. The van der Waals surface area contributed by atoms with Crippen LogP contribution in [0.5, 0.6) is 0 Å². The molecule has 1 aromatic carbocycles. The van der Waals surface area contributed by atoms with E-state index in [1.165, 1.54) is 0 Å². The fourth-order valence-electron chi connectivity index (χ4n) is 1.54. The van der Waals surface area contributed by atoms with Crippen LogP contribution in [0.25, 0.3) is 0 Å². The van der Waals surface area contributed by atoms with Gasteiger partial charge in [0, 0.05) is 5.56 Å². The van der Waals surface area contributed by atoms with Gasteiger partial charge in [0.1, 0.15) is 12.4 Å². The molecule has 17 heavy (non-hydrogen) atoms. The molecule has 92 valence electrons. The van der Waals surface area contributed by atoms with Gasteiger partial charge in [-0.3, -0.25) is 0 Å². The van der Waals surface area contributed by atoms with Gasteiger partial charge in [0.05, 0.1) is 11.6 Å². The summed E-state index contributed by atoms with van der Waals surface area (Å²) < 4.78 is 55.1. The molecule has 0 unspecified atom stereocenters. The third-order valence-electron chi connectivity index (χ3n) is 2.37. The summed E-state index contributed by atoms with van der Waals surface area (Å²) in [4.78, 5) is 10.7. The standard InChI is InChI=1S/C10H7F4NO2/c11-7-2-1-5(10(12,13)14)3-6(7)8-4-17-9(16)15-8/h1-3,8H,4H2,(H,15,16)/t8-/m0/s1. The average Bonchev–Trinajstić information content (AvgIpc) is 2.63. The number of amides is 1. The van der Waals surface area contributed by atoms with E-state index in [4.69, 9.17) is 0 Å². The second-order valence-corrected chi connectivity index (χ2v) is 3.53. The number of alkyl halides is 3. The zero-order valence-electron chi connectivity index (χ0n) is 8.34. The zero-order valence-corrected chi connectivity index (χ0v) is 8.34. The van der Waals surface area contributed by atoms with Crippen LogP contribution in [0.1, 0.15) is 17.2 Å². The van der Waals surface area contributed by atoms with Gasteiger partial charge in [-0.15, -0.1) is 0 Å². The molecule has 7 heteroatoms. The molecular formula is C10H7F4NO2. The Hall–Kier alpha value is -1.79. The number of rotatable bonds is 1. The van der Waals surface area contributed by atoms with Crippen LogP contribution in [0.2, 0.25) is 0 Å². The molecule has 0 aromatic heterocycles. The molecule has 1 heterocycles. The number of hydrogen-bond acceptors (Lipinski definition) is 2. The number of carbonyl (C=O) groups is 1. The quantitative estimate of drug-likeness (QED) is 0.777. The number of halogens is 4. The highest BCUT2D eigenvalue weighted by Crippen LogP contribution is 2.32. The van der Waals surface area contributed by atoms with Crippen LogP contribution in [0.3, 0.4) is 0 Å². The summed E-state index contributed by atoms with van der Waals surface area (Å²) in [5.74, 6) is -0.811. The van der Waals surface area contributed by atoms with E-state index in [0.717, 1.165) is 6.07 Å². The van der Waals surface area contributed by atoms with Crippen molar-refractivity contribution in [1.82, 2.24) is 5.32 Å². The minimum atomic E-state index is -4.55. The van der Waals surface area contributed by atoms with Gasteiger partial charge in [-0.1, -0.05) is 0 Å². The summed E-state index contributed by atoms with van der Waals surface area (Å²) in [6.45, 7) is -0.183. The van der Waals surface area contributed by atoms with E-state index in [1.807, 2.05) is 0 Å². The number of alkyl carbamates (subject to hydrolysis) is 1. The van der Waals surface area contributed by atoms with Gasteiger partial charge in [-0.2, -0.15) is 13.2 Å². The zero-order chi connectivity index (χ0) is 12.6. The Morgan fingerprint density at radius 1 is 1.35 bits per heavy atom. The topological polar surface area (TPSA) is 38.3 Å². The van der Waals surface area contributed by atoms with Gasteiger partial charge >= 0.3 is 12.3 Å². The van der Waals surface area contributed by atoms with Crippen molar-refractivity contribution in [3.05, 3.63) is 35.1 Å². The van der Waals surface area contributed by atoms with Gasteiger partial charge in [0.2, 0.25) is 0 Å². The molecule has 0 bridgehead atoms. The molecule has 1 saturated heterocycles. The van der Waals surface area contributed by atoms with Gasteiger partial charge in [0.25, 0.3) is 0 Å². The van der Waals surface area contributed by atoms with Crippen molar-refractivity contribution in [3.8, 4) is 0 Å². The predicted octanol–water partition coefficient (Wildman–Crippen LogP) is 2.63. The van der Waals surface area contributed by atoms with Crippen molar-refractivity contribution in [2.45, 2.75) is 12.2 Å². The third kappa shape index (κ3) is 2.32. The normalized spacial score (nSPS) is 20.0. The van der Waals surface area contributed by atoms with E-state index in [2.05, 4.69) is 10.1 Å². The third-order valence-corrected chi connectivity index (χ3v) is 2.37. The molecule has 0 radical (unpaired) electrons. The fraction of sp³-hybridized carbons (Fsp3) is 0.300. The molecule has 1 aromatic rings. The van der Waals surface area contributed by atoms with Crippen LogP contribution >= 0.6 is 0 Å². The maximum absolute atomic E-state index is 13.4. The highest BCUT2D eigenvalue weighted by atomic mass is 19.4. The first-order chi connectivity index (χ1) is 7.88. The Balaban J connectivity index is 2.36. The van der Waals surface area contributed by atoms with Crippen molar-refractivity contribution in [2.75, 3.05) is 6.61 Å². The number of nitrogens with one attached hydrogen (secondary N) is 1. The minimum absolute atomic E-state index is 0.183. The number of ether oxygens (including phenoxy) is 1. The Morgan fingerprint density at radius 3 is 2.59 bits per heavy atom. The molecule has 3 nitrogen and oxygen atoms in total. The maximum Gasteiger partial charge on any atom is 0.416 e. The molecule has 1 aliphatic heterocycles. The van der Waals surface area contributed by atoms with E-state index in [9.17, 15) is 22.4 Å². The fourth-order valence-corrected chi connectivity index (χ4v) is 1.54. The highest BCUT2D eigenvalue weighted by molar-refractivity contribution is 5.70. The summed E-state index contributed by atoms with van der Waals surface area (Å²) in [6, 6.07) is 1.17. The van der Waals surface area contributed by atoms with E-state index in [0.29, 0.717) is 12.1 Å². The van der Waals surface area contributed by atoms with E-state index in [-0.39, 0.29) is 12.2 Å². The summed E-state index contributed by atoms with van der Waals surface area (Å²) >= 11 is 0. The summed E-state index contributed by atoms with van der Waals surface area (Å²) in [5.41, 5.74) is -1.19. The van der Waals surface area contributed by atoms with Crippen LogP contribution < -0.4 is 5.32 Å². The largest absolute Gasteiger partial charge is 0.447 e. The Kier molecular flexibility index (Phi) is 2.68. The van der Waals surface area contributed by atoms with Crippen LogP contribution in [0.15, 0.2) is 18.2 Å². The van der Waals surface area contributed by atoms with E-state index in [1.54, 1.807) is 0 Å². The molecule has 1 amide bonds. The first-order valence-corrected chi connectivity index (χ1v) is 4.68. The monoisotopic (exact) mass is 249 g/mol. The van der Waals surface area contributed by atoms with Crippen LogP contribution in [0, 0.1) is 5.82 Å². The Morgan fingerprint density at radius 2 is 2.06 bits per heavy atom. The molecule has 1 aliphatic rings. The van der Waals surface area contributed by atoms with Crippen molar-refractivity contribution < 1.29 is 27.1 Å². The maximum atomic E-state index is 13.4. The lowest BCUT2D eigenvalue weighted by molar-refractivity contribution is -0.137. The molecular weight excluding hydrogens is 242 g/mol. The van der Waals surface area contributed by atoms with Crippen molar-refractivity contribution >= 4 is 6.09 Å². The molecule has 0 saturated carbocycles. The number of cyclic esters (lactones) is 1. The summed E-state index contributed by atoms with van der Waals surface area (Å²) in [5, 5.41) is 2.22. The predicted molar refractivity (Wildman–Crippen MR) is 48.6 cm³/mol. The number of hydrogen-bond donors (Lipinski definition) is 1. The van der Waals surface area contributed by atoms with E-state index >= 15 is 0 Å². The van der Waals surface area contributed by atoms with Crippen LogP contribution in [0.4, 0.5) is 22.4 Å². The van der Waals surface area contributed by atoms with Gasteiger partial charge < -0.3 is 10.1 Å². The van der Waals surface area contributed by atoms with Crippen LogP contribution in [-0.4, -0.2) is 12.7 Å². The van der Waals surface area contributed by atoms with Crippen LogP contribution in [-0.2, 0) is 10.9 Å².